The molecule has 0 aromatic heterocycles. The second-order valence-electron chi connectivity index (χ2n) is 1.04. The predicted molar refractivity (Wildman–Crippen MR) is 29.9 cm³/mol. The lowest BCUT2D eigenvalue weighted by Gasteiger charge is -1.68. The van der Waals surface area contributed by atoms with Gasteiger partial charge in [-0.25, -0.2) is 0 Å². The minimum absolute atomic E-state index is 0.927. The maximum Gasteiger partial charge on any atom is 0.122 e. The maximum absolute atomic E-state index is 2.89. The van der Waals surface area contributed by atoms with Crippen LogP contribution in [0.15, 0.2) is 0 Å². The molecule has 0 N–H and O–H groups in total. The van der Waals surface area contributed by atoms with Crippen LogP contribution in [0.25, 0.3) is 0 Å². The highest BCUT2D eigenvalue weighted by atomic mass is 13.5. The second kappa shape index (κ2) is 4.62. The molecule has 0 bridgehead atoms. The van der Waals surface area contributed by atoms with Crippen molar-refractivity contribution >= 4 is 7.28 Å². The van der Waals surface area contributed by atoms with Gasteiger partial charge in [-0.2, -0.15) is 0 Å². The average molecular weight is 78.9 g/mol. The van der Waals surface area contributed by atoms with Crippen molar-refractivity contribution in [3.63, 3.8) is 0 Å². The molecule has 0 rings (SSSR count). The van der Waals surface area contributed by atoms with Crippen LogP contribution >= 0.6 is 0 Å². The summed E-state index contributed by atoms with van der Waals surface area (Å²) in [7, 11) is 2.04. The van der Waals surface area contributed by atoms with Crippen LogP contribution in [0.2, 0.25) is 13.1 Å². The summed E-state index contributed by atoms with van der Waals surface area (Å²) in [6.07, 6.45) is 0.927. The first kappa shape index (κ1) is 5.62. The molecular weight excluding hydrogens is 70.9 g/mol. The molecule has 0 saturated heterocycles. The molecule has 6 heavy (non-hydrogen) atoms. The fourth-order valence-corrected chi connectivity index (χ4v) is 0.204. The molecule has 0 aliphatic rings. The largest absolute Gasteiger partial charge is 0.122 e. The molecule has 0 spiro atoms. The summed E-state index contributed by atoms with van der Waals surface area (Å²) in [5.74, 6) is 5.68. The van der Waals surface area contributed by atoms with Crippen molar-refractivity contribution in [2.45, 2.75) is 20.1 Å². The fraction of sp³-hybridized carbons (Fsp3) is 0.600. The van der Waals surface area contributed by atoms with E-state index in [1.54, 1.807) is 0 Å². The summed E-state index contributed by atoms with van der Waals surface area (Å²) >= 11 is 0. The molecule has 0 fully saturated rings. The van der Waals surface area contributed by atoms with Crippen LogP contribution in [0.1, 0.15) is 6.92 Å². The Morgan fingerprint density at radius 1 is 1.67 bits per heavy atom. The van der Waals surface area contributed by atoms with Crippen molar-refractivity contribution in [2.24, 2.45) is 0 Å². The average Bonchev–Trinajstić information content (AvgIpc) is 1.61. The van der Waals surface area contributed by atoms with Gasteiger partial charge >= 0.3 is 0 Å². The van der Waals surface area contributed by atoms with Gasteiger partial charge in [-0.05, 0) is 13.2 Å². The Kier molecular flexibility index (Phi) is 4.34. The number of hydrogen-bond acceptors (Lipinski definition) is 0. The number of hydrogen-bond donors (Lipinski definition) is 0. The van der Waals surface area contributed by atoms with Gasteiger partial charge in [-0.1, -0.05) is 6.82 Å². The zero-order valence-electron chi connectivity index (χ0n) is 4.28. The van der Waals surface area contributed by atoms with Gasteiger partial charge in [0.2, 0.25) is 0 Å². The molecule has 0 nitrogen and oxygen atoms in total. The summed E-state index contributed by atoms with van der Waals surface area (Å²) in [4.78, 5) is 0. The molecule has 0 saturated carbocycles. The van der Waals surface area contributed by atoms with Gasteiger partial charge in [-0.15, -0.1) is 11.8 Å². The molecule has 0 amide bonds. The molecule has 0 heterocycles. The molecular formula is C5H8B. The van der Waals surface area contributed by atoms with E-state index in [0.717, 1.165) is 6.32 Å². The summed E-state index contributed by atoms with van der Waals surface area (Å²) in [6.45, 7) is 3.85. The van der Waals surface area contributed by atoms with Gasteiger partial charge in [0.15, 0.2) is 0 Å². The lowest BCUT2D eigenvalue weighted by Crippen LogP contribution is -1.71. The number of rotatable bonds is 1. The quantitative estimate of drug-likeness (QED) is 0.327. The Balaban J connectivity index is 2.79. The highest BCUT2D eigenvalue weighted by Gasteiger charge is 1.67. The van der Waals surface area contributed by atoms with E-state index in [2.05, 4.69) is 11.8 Å². The molecule has 0 atom stereocenters. The highest BCUT2D eigenvalue weighted by Crippen LogP contribution is 1.68. The van der Waals surface area contributed by atoms with E-state index < -0.39 is 0 Å². The monoisotopic (exact) mass is 79.1 g/mol. The van der Waals surface area contributed by atoms with Gasteiger partial charge in [0, 0.05) is 0 Å². The van der Waals surface area contributed by atoms with Crippen LogP contribution < -0.4 is 0 Å². The maximum atomic E-state index is 2.89. The minimum Gasteiger partial charge on any atom is -0.112 e. The standard InChI is InChI=1S/C5H8B/c1-3-4-5-6-2/h5H2,1-2H3. The zero-order valence-corrected chi connectivity index (χ0v) is 4.28. The van der Waals surface area contributed by atoms with Crippen LogP contribution in [-0.4, -0.2) is 7.28 Å². The van der Waals surface area contributed by atoms with E-state index in [0.29, 0.717) is 0 Å². The van der Waals surface area contributed by atoms with Gasteiger partial charge in [0.1, 0.15) is 7.28 Å². The van der Waals surface area contributed by atoms with Crippen molar-refractivity contribution in [2.75, 3.05) is 0 Å². The first-order valence-corrected chi connectivity index (χ1v) is 2.09. The lowest BCUT2D eigenvalue weighted by molar-refractivity contribution is 1.76. The molecule has 0 aliphatic heterocycles. The Morgan fingerprint density at radius 2 is 2.33 bits per heavy atom. The smallest absolute Gasteiger partial charge is 0.112 e. The van der Waals surface area contributed by atoms with Gasteiger partial charge in [-0.3, -0.25) is 0 Å². The van der Waals surface area contributed by atoms with Gasteiger partial charge in [0.25, 0.3) is 0 Å². The van der Waals surface area contributed by atoms with Crippen molar-refractivity contribution < 1.29 is 0 Å². The van der Waals surface area contributed by atoms with Crippen molar-refractivity contribution in [1.29, 1.82) is 0 Å². The molecule has 0 aromatic carbocycles. The minimum atomic E-state index is 0.927. The van der Waals surface area contributed by atoms with Crippen LogP contribution in [0.5, 0.6) is 0 Å². The summed E-state index contributed by atoms with van der Waals surface area (Å²) in [6, 6.07) is 0. The van der Waals surface area contributed by atoms with E-state index in [9.17, 15) is 0 Å². The van der Waals surface area contributed by atoms with E-state index in [4.69, 9.17) is 0 Å². The highest BCUT2D eigenvalue weighted by molar-refractivity contribution is 6.34. The molecule has 0 unspecified atom stereocenters. The normalized spacial score (nSPS) is 5.67. The Labute approximate surface area is 40.2 Å². The van der Waals surface area contributed by atoms with E-state index in [1.807, 2.05) is 21.0 Å². The molecule has 1 heteroatoms. The van der Waals surface area contributed by atoms with Crippen molar-refractivity contribution in [1.82, 2.24) is 0 Å². The molecule has 1 radical (unpaired) electrons. The van der Waals surface area contributed by atoms with Crippen LogP contribution in [0.3, 0.4) is 0 Å². The second-order valence-corrected chi connectivity index (χ2v) is 1.04. The Bertz CT molecular complexity index is 65.7. The van der Waals surface area contributed by atoms with Crippen molar-refractivity contribution in [3.05, 3.63) is 0 Å². The Morgan fingerprint density at radius 3 is 2.50 bits per heavy atom. The van der Waals surface area contributed by atoms with Gasteiger partial charge in [0.05, 0.1) is 0 Å². The van der Waals surface area contributed by atoms with E-state index in [-0.39, 0.29) is 0 Å². The van der Waals surface area contributed by atoms with Gasteiger partial charge < -0.3 is 0 Å². The zero-order chi connectivity index (χ0) is 4.83. The van der Waals surface area contributed by atoms with Crippen molar-refractivity contribution in [3.8, 4) is 11.8 Å². The first-order chi connectivity index (χ1) is 2.91. The third kappa shape index (κ3) is 3.62. The van der Waals surface area contributed by atoms with Crippen LogP contribution in [0, 0.1) is 11.8 Å². The summed E-state index contributed by atoms with van der Waals surface area (Å²) < 4.78 is 0. The molecule has 0 aliphatic carbocycles. The predicted octanol–water partition coefficient (Wildman–Crippen LogP) is 1.18. The first-order valence-electron chi connectivity index (χ1n) is 2.09. The third-order valence-corrected chi connectivity index (χ3v) is 0.483. The van der Waals surface area contributed by atoms with Crippen LogP contribution in [-0.2, 0) is 0 Å². The molecule has 0 aromatic rings. The summed E-state index contributed by atoms with van der Waals surface area (Å²) in [5.41, 5.74) is 0. The topological polar surface area (TPSA) is 0 Å². The van der Waals surface area contributed by atoms with E-state index in [1.165, 1.54) is 0 Å². The SMILES string of the molecule is C[B]CC#CC. The lowest BCUT2D eigenvalue weighted by atomic mass is 9.79. The summed E-state index contributed by atoms with van der Waals surface area (Å²) in [5, 5.41) is 0. The van der Waals surface area contributed by atoms with Crippen LogP contribution in [0.4, 0.5) is 0 Å². The third-order valence-electron chi connectivity index (χ3n) is 0.483. The van der Waals surface area contributed by atoms with E-state index >= 15 is 0 Å². The Hall–Kier alpha value is -0.375. The fourth-order valence-electron chi connectivity index (χ4n) is 0.204. The molecule has 31 valence electrons.